The van der Waals surface area contributed by atoms with Crippen LogP contribution < -0.4 is 4.72 Å². The SMILES string of the molecule is Cc1cc(Cl)nc(NS(=O)(=O)c2c(Cl)cc(Br)cc2Cl)n1. The predicted octanol–water partition coefficient (Wildman–Crippen LogP) is 4.31. The van der Waals surface area contributed by atoms with E-state index in [4.69, 9.17) is 34.8 Å². The first-order valence-corrected chi connectivity index (χ1v) is 8.78. The summed E-state index contributed by atoms with van der Waals surface area (Å²) < 4.78 is 27.5. The molecule has 5 nitrogen and oxygen atoms in total. The number of halogens is 4. The Morgan fingerprint density at radius 1 is 1.10 bits per heavy atom. The summed E-state index contributed by atoms with van der Waals surface area (Å²) in [5.41, 5.74) is 0.515. The summed E-state index contributed by atoms with van der Waals surface area (Å²) in [5.74, 6) is -0.157. The minimum absolute atomic E-state index is 0.0272. The van der Waals surface area contributed by atoms with Gasteiger partial charge >= 0.3 is 0 Å². The average molecular weight is 432 g/mol. The number of rotatable bonds is 3. The third-order valence-corrected chi connectivity index (χ3v) is 5.18. The maximum atomic E-state index is 12.4. The molecule has 0 bridgehead atoms. The van der Waals surface area contributed by atoms with Crippen molar-refractivity contribution in [2.24, 2.45) is 0 Å². The van der Waals surface area contributed by atoms with Crippen LogP contribution in [0.3, 0.4) is 0 Å². The molecular weight excluding hydrogens is 424 g/mol. The normalized spacial score (nSPS) is 11.5. The Hall–Kier alpha value is -0.600. The van der Waals surface area contributed by atoms with Crippen LogP contribution in [0.4, 0.5) is 5.95 Å². The first kappa shape index (κ1) is 16.8. The van der Waals surface area contributed by atoms with E-state index >= 15 is 0 Å². The smallest absolute Gasteiger partial charge is 0.247 e. The highest BCUT2D eigenvalue weighted by Crippen LogP contribution is 2.33. The van der Waals surface area contributed by atoms with Crippen LogP contribution in [0.5, 0.6) is 0 Å². The number of aromatic nitrogens is 2. The van der Waals surface area contributed by atoms with Crippen LogP contribution in [0.25, 0.3) is 0 Å². The van der Waals surface area contributed by atoms with E-state index in [2.05, 4.69) is 30.6 Å². The summed E-state index contributed by atoms with van der Waals surface area (Å²) in [6.45, 7) is 1.66. The van der Waals surface area contributed by atoms with Gasteiger partial charge in [-0.05, 0) is 25.1 Å². The van der Waals surface area contributed by atoms with Gasteiger partial charge in [0, 0.05) is 10.2 Å². The number of hydrogen-bond donors (Lipinski definition) is 1. The maximum Gasteiger partial charge on any atom is 0.267 e. The summed E-state index contributed by atoms with van der Waals surface area (Å²) in [7, 11) is -4.04. The Labute approximate surface area is 144 Å². The molecule has 1 aromatic carbocycles. The van der Waals surface area contributed by atoms with Gasteiger partial charge in [-0.15, -0.1) is 0 Å². The fourth-order valence-electron chi connectivity index (χ4n) is 1.53. The fourth-order valence-corrected chi connectivity index (χ4v) is 4.65. The molecule has 21 heavy (non-hydrogen) atoms. The number of hydrogen-bond acceptors (Lipinski definition) is 4. The van der Waals surface area contributed by atoms with Crippen LogP contribution in [0, 0.1) is 6.92 Å². The van der Waals surface area contributed by atoms with Crippen LogP contribution in [0.2, 0.25) is 15.2 Å². The summed E-state index contributed by atoms with van der Waals surface area (Å²) in [6, 6.07) is 4.34. The molecule has 1 aromatic heterocycles. The zero-order valence-corrected chi connectivity index (χ0v) is 15.0. The lowest BCUT2D eigenvalue weighted by Crippen LogP contribution is -2.16. The third kappa shape index (κ3) is 3.98. The van der Waals surface area contributed by atoms with Crippen molar-refractivity contribution >= 4 is 66.7 Å². The number of nitrogens with zero attached hydrogens (tertiary/aromatic N) is 2. The summed E-state index contributed by atoms with van der Waals surface area (Å²) in [5, 5.41) is 0.0643. The zero-order chi connectivity index (χ0) is 15.8. The first-order valence-electron chi connectivity index (χ1n) is 5.37. The molecule has 0 fully saturated rings. The van der Waals surface area contributed by atoms with Gasteiger partial charge in [0.1, 0.15) is 10.0 Å². The average Bonchev–Trinajstić information content (AvgIpc) is 2.23. The Kier molecular flexibility index (Phi) is 4.99. The Morgan fingerprint density at radius 3 is 2.19 bits per heavy atom. The van der Waals surface area contributed by atoms with Gasteiger partial charge in [-0.1, -0.05) is 50.7 Å². The van der Waals surface area contributed by atoms with Gasteiger partial charge in [0.25, 0.3) is 10.0 Å². The lowest BCUT2D eigenvalue weighted by molar-refractivity contribution is 0.601. The standard InChI is InChI=1S/C11H7BrCl3N3O2S/c1-5-2-9(15)17-11(16-5)18-21(19,20)10-7(13)3-6(12)4-8(10)14/h2-4H,1H3,(H,16,17,18). The lowest BCUT2D eigenvalue weighted by atomic mass is 10.4. The minimum atomic E-state index is -4.04. The zero-order valence-electron chi connectivity index (χ0n) is 10.4. The van der Waals surface area contributed by atoms with Crippen molar-refractivity contribution in [1.82, 2.24) is 9.97 Å². The van der Waals surface area contributed by atoms with Crippen LogP contribution in [0.1, 0.15) is 5.69 Å². The van der Waals surface area contributed by atoms with Gasteiger partial charge in [-0.3, -0.25) is 0 Å². The minimum Gasteiger partial charge on any atom is -0.247 e. The molecule has 0 atom stereocenters. The van der Waals surface area contributed by atoms with Crippen molar-refractivity contribution < 1.29 is 8.42 Å². The van der Waals surface area contributed by atoms with E-state index in [0.29, 0.717) is 10.2 Å². The number of sulfonamides is 1. The second-order valence-electron chi connectivity index (χ2n) is 3.96. The van der Waals surface area contributed by atoms with Crippen LogP contribution in [-0.4, -0.2) is 18.4 Å². The molecule has 0 aliphatic heterocycles. The third-order valence-electron chi connectivity index (χ3n) is 2.28. The lowest BCUT2D eigenvalue weighted by Gasteiger charge is -2.10. The van der Waals surface area contributed by atoms with Crippen molar-refractivity contribution in [1.29, 1.82) is 0 Å². The molecule has 1 heterocycles. The molecule has 0 saturated carbocycles. The van der Waals surface area contributed by atoms with E-state index in [1.807, 2.05) is 0 Å². The van der Waals surface area contributed by atoms with Gasteiger partial charge in [0.2, 0.25) is 5.95 Å². The summed E-state index contributed by atoms with van der Waals surface area (Å²) >= 11 is 20.8. The molecule has 2 rings (SSSR count). The molecule has 112 valence electrons. The Morgan fingerprint density at radius 2 is 1.67 bits per heavy atom. The Balaban J connectivity index is 2.48. The molecule has 0 radical (unpaired) electrons. The maximum absolute atomic E-state index is 12.4. The van der Waals surface area contributed by atoms with Crippen molar-refractivity contribution in [3.63, 3.8) is 0 Å². The summed E-state index contributed by atoms with van der Waals surface area (Å²) in [4.78, 5) is 7.48. The highest BCUT2D eigenvalue weighted by atomic mass is 79.9. The molecule has 0 aliphatic carbocycles. The van der Waals surface area contributed by atoms with Crippen molar-refractivity contribution in [2.45, 2.75) is 11.8 Å². The largest absolute Gasteiger partial charge is 0.267 e. The van der Waals surface area contributed by atoms with Crippen LogP contribution >= 0.6 is 50.7 Å². The molecule has 0 saturated heterocycles. The van der Waals surface area contributed by atoms with E-state index in [9.17, 15) is 8.42 Å². The predicted molar refractivity (Wildman–Crippen MR) is 86.7 cm³/mol. The molecule has 10 heteroatoms. The van der Waals surface area contributed by atoms with E-state index in [0.717, 1.165) is 0 Å². The van der Waals surface area contributed by atoms with Gasteiger partial charge in [0.05, 0.1) is 10.0 Å². The fraction of sp³-hybridized carbons (Fsp3) is 0.0909. The second kappa shape index (κ2) is 6.26. The van der Waals surface area contributed by atoms with Gasteiger partial charge < -0.3 is 0 Å². The second-order valence-corrected chi connectivity index (χ2v) is 7.70. The quantitative estimate of drug-likeness (QED) is 0.735. The number of anilines is 1. The topological polar surface area (TPSA) is 72.0 Å². The van der Waals surface area contributed by atoms with Gasteiger partial charge in [-0.25, -0.2) is 23.1 Å². The molecular formula is C11H7BrCl3N3O2S. The molecule has 0 aliphatic rings. The van der Waals surface area contributed by atoms with Crippen molar-refractivity contribution in [3.05, 3.63) is 43.6 Å². The molecule has 2 aromatic rings. The van der Waals surface area contributed by atoms with Crippen LogP contribution in [-0.2, 0) is 10.0 Å². The van der Waals surface area contributed by atoms with Gasteiger partial charge in [-0.2, -0.15) is 0 Å². The first-order chi connectivity index (χ1) is 9.69. The van der Waals surface area contributed by atoms with Gasteiger partial charge in [0.15, 0.2) is 0 Å². The molecule has 0 amide bonds. The van der Waals surface area contributed by atoms with E-state index in [-0.39, 0.29) is 26.0 Å². The molecule has 0 spiro atoms. The summed E-state index contributed by atoms with van der Waals surface area (Å²) in [6.07, 6.45) is 0. The van der Waals surface area contributed by atoms with Crippen LogP contribution in [0.15, 0.2) is 27.6 Å². The van der Waals surface area contributed by atoms with E-state index in [1.165, 1.54) is 18.2 Å². The van der Waals surface area contributed by atoms with Crippen molar-refractivity contribution in [2.75, 3.05) is 4.72 Å². The number of aryl methyl sites for hydroxylation is 1. The molecule has 0 unspecified atom stereocenters. The van der Waals surface area contributed by atoms with E-state index < -0.39 is 10.0 Å². The Bertz CT molecular complexity index is 771. The number of benzene rings is 1. The highest BCUT2D eigenvalue weighted by molar-refractivity contribution is 9.10. The van der Waals surface area contributed by atoms with Crippen molar-refractivity contribution in [3.8, 4) is 0 Å². The monoisotopic (exact) mass is 429 g/mol. The number of nitrogens with one attached hydrogen (secondary N) is 1. The highest BCUT2D eigenvalue weighted by Gasteiger charge is 2.23. The molecule has 1 N–H and O–H groups in total. The van der Waals surface area contributed by atoms with E-state index in [1.54, 1.807) is 6.92 Å².